The third kappa shape index (κ3) is 22.9. The minimum Gasteiger partial charge on any atom is -0.496 e. The second kappa shape index (κ2) is 42.8. The maximum Gasteiger partial charge on any atom is 0.339 e. The first-order valence-electron chi connectivity index (χ1n) is 32.7. The molecule has 0 saturated heterocycles. The van der Waals surface area contributed by atoms with E-state index in [0.29, 0.717) is 72.2 Å². The fourth-order valence-electron chi connectivity index (χ4n) is 10.7. The number of esters is 1. The lowest BCUT2D eigenvalue weighted by Gasteiger charge is -2.18. The topological polar surface area (TPSA) is 303 Å². The Balaban J connectivity index is 0.000000221. The summed E-state index contributed by atoms with van der Waals surface area (Å²) in [5.41, 5.74) is 3.28. The molecule has 9 aromatic carbocycles. The van der Waals surface area contributed by atoms with Crippen molar-refractivity contribution in [3.05, 3.63) is 272 Å². The lowest BCUT2D eigenvalue weighted by atomic mass is 9.97. The smallest absolute Gasteiger partial charge is 0.339 e. The van der Waals surface area contributed by atoms with E-state index in [-0.39, 0.29) is 114 Å². The largest absolute Gasteiger partial charge is 0.496 e. The first kappa shape index (κ1) is 89.6. The van der Waals surface area contributed by atoms with Crippen LogP contribution in [0.3, 0.4) is 0 Å². The number of aliphatic hydroxyl groups is 1. The molecule has 592 valence electrons. The van der Waals surface area contributed by atoms with Crippen LogP contribution in [0.1, 0.15) is 116 Å². The summed E-state index contributed by atoms with van der Waals surface area (Å²) < 4.78 is 115. The van der Waals surface area contributed by atoms with Crippen LogP contribution in [0.2, 0.25) is 20.1 Å². The SMILES string of the molecule is CCOC(=O)CC(=O)c1cc(Cc2cccc(Cl)c2F)c(OC)cc1OC.COc1cc(OC)c(C(=O)O)cc1Br.COc1cc(OC)c(C(=O)O)cc1Cc1cccc(Cl)c1F.COc1cc(OC)c(C(=O)n2ccnc2)cc1Cc1cccc(Cl)c1F.COc1cc(OC)c(C(O)c2cccc(Cl)c2F)cc1C(=O)O. The number of Topliss-reactive ketones (excluding diaryl/α,β-unsaturated/α-hetero) is 1. The zero-order chi connectivity index (χ0) is 82.8. The summed E-state index contributed by atoms with van der Waals surface area (Å²) in [6.07, 6.45) is 3.11. The van der Waals surface area contributed by atoms with Crippen molar-refractivity contribution in [1.29, 1.82) is 0 Å². The number of carboxylic acid groups (broad SMARTS) is 3. The summed E-state index contributed by atoms with van der Waals surface area (Å²) in [5, 5.41) is 37.7. The van der Waals surface area contributed by atoms with Crippen LogP contribution in [0.25, 0.3) is 0 Å². The lowest BCUT2D eigenvalue weighted by Crippen LogP contribution is -2.13. The Morgan fingerprint density at radius 1 is 0.420 bits per heavy atom. The van der Waals surface area contributed by atoms with Gasteiger partial charge in [-0.3, -0.25) is 19.0 Å². The molecule has 23 nitrogen and oxygen atoms in total. The van der Waals surface area contributed by atoms with Gasteiger partial charge in [-0.15, -0.1) is 0 Å². The van der Waals surface area contributed by atoms with Gasteiger partial charge in [-0.25, -0.2) is 36.9 Å². The number of carbonyl (C=O) groups is 6. The van der Waals surface area contributed by atoms with Crippen LogP contribution < -0.4 is 47.4 Å². The zero-order valence-corrected chi connectivity index (χ0v) is 66.2. The normalized spacial score (nSPS) is 10.7. The molecule has 0 aliphatic heterocycles. The van der Waals surface area contributed by atoms with Gasteiger partial charge in [-0.05, 0) is 111 Å². The molecule has 0 aliphatic carbocycles. The fraction of sp³-hybridized carbons (Fsp3) is 0.212. The number of aromatic nitrogens is 2. The molecule has 0 saturated carbocycles. The Morgan fingerprint density at radius 2 is 0.759 bits per heavy atom. The van der Waals surface area contributed by atoms with Crippen molar-refractivity contribution >= 4 is 97.9 Å². The van der Waals surface area contributed by atoms with E-state index in [1.807, 2.05) is 0 Å². The third-order valence-corrected chi connectivity index (χ3v) is 18.0. The predicted molar refractivity (Wildman–Crippen MR) is 412 cm³/mol. The van der Waals surface area contributed by atoms with Crippen LogP contribution in [0.4, 0.5) is 17.6 Å². The van der Waals surface area contributed by atoms with Gasteiger partial charge in [0.2, 0.25) is 0 Å². The number of imidazole rings is 1. The molecule has 10 rings (SSSR count). The lowest BCUT2D eigenvalue weighted by molar-refractivity contribution is -0.142. The number of nitrogens with zero attached hydrogens (tertiary/aromatic N) is 2. The number of halogens is 9. The maximum atomic E-state index is 14.3. The van der Waals surface area contributed by atoms with E-state index < -0.39 is 65.5 Å². The van der Waals surface area contributed by atoms with Crippen molar-refractivity contribution in [2.24, 2.45) is 0 Å². The van der Waals surface area contributed by atoms with E-state index in [0.717, 1.165) is 0 Å². The van der Waals surface area contributed by atoms with E-state index in [9.17, 15) is 61.6 Å². The summed E-state index contributed by atoms with van der Waals surface area (Å²) in [7, 11) is 14.2. The van der Waals surface area contributed by atoms with Crippen molar-refractivity contribution < 1.29 is 119 Å². The Labute approximate surface area is 668 Å². The van der Waals surface area contributed by atoms with E-state index in [2.05, 4.69) is 20.9 Å². The minimum atomic E-state index is -1.45. The second-order valence-electron chi connectivity index (χ2n) is 22.9. The highest BCUT2D eigenvalue weighted by Crippen LogP contribution is 2.40. The number of rotatable bonds is 26. The zero-order valence-electron chi connectivity index (χ0n) is 61.6. The van der Waals surface area contributed by atoms with Gasteiger partial charge >= 0.3 is 23.9 Å². The molecule has 0 aliphatic rings. The maximum absolute atomic E-state index is 14.3. The molecule has 32 heteroatoms. The number of aromatic carboxylic acids is 3. The average molecular weight is 1700 g/mol. The number of carbonyl (C=O) groups excluding carboxylic acids is 3. The Morgan fingerprint density at radius 3 is 1.14 bits per heavy atom. The number of ketones is 1. The molecular formula is C80H73BrCl4F4N2O21. The summed E-state index contributed by atoms with van der Waals surface area (Å²) in [6.45, 7) is 1.85. The minimum absolute atomic E-state index is 0.0126. The Kier molecular flexibility index (Phi) is 34.2. The molecule has 0 radical (unpaired) electrons. The van der Waals surface area contributed by atoms with Crippen molar-refractivity contribution in [1.82, 2.24) is 9.55 Å². The van der Waals surface area contributed by atoms with E-state index in [4.69, 9.17) is 104 Å². The van der Waals surface area contributed by atoms with Crippen LogP contribution in [0.5, 0.6) is 57.5 Å². The molecule has 1 unspecified atom stereocenters. The molecule has 1 atom stereocenters. The molecule has 0 amide bonds. The summed E-state index contributed by atoms with van der Waals surface area (Å²) in [5.74, 6) is -3.96. The number of benzene rings is 9. The predicted octanol–water partition coefficient (Wildman–Crippen LogP) is 17.4. The van der Waals surface area contributed by atoms with Gasteiger partial charge in [0.15, 0.2) is 5.78 Å². The number of carboxylic acids is 3. The van der Waals surface area contributed by atoms with Crippen LogP contribution in [-0.4, -0.2) is 143 Å². The van der Waals surface area contributed by atoms with Gasteiger partial charge in [-0.2, -0.15) is 0 Å². The molecule has 10 aromatic rings. The fourth-order valence-corrected chi connectivity index (χ4v) is 12.0. The second-order valence-corrected chi connectivity index (χ2v) is 25.4. The van der Waals surface area contributed by atoms with Crippen LogP contribution >= 0.6 is 62.3 Å². The number of methoxy groups -OCH3 is 10. The van der Waals surface area contributed by atoms with Gasteiger partial charge in [0, 0.05) is 73.1 Å². The molecule has 0 bridgehead atoms. The molecule has 1 heterocycles. The van der Waals surface area contributed by atoms with E-state index >= 15 is 0 Å². The standard InChI is InChI=1S/C20H20ClFO5.C19H16ClFN2O3.C16H14ClFO5.C16H14ClFO4.C9H9BrO4/c1-4-27-19(24)10-16(23)14-9-13(17(25-2)11-18(14)26-3)8-12-6-5-7-15(21)20(12)22;1-25-16-10-17(26-2)14(19(24)23-7-6-22-11-23)9-13(16)8-12-4-3-5-15(20)18(12)21;1-22-12-7-13(23-2)10(16(20)21)6-9(12)15(19)8-4-3-5-11(17)14(8)18;1-21-13-8-14(22-2)11(16(19)20)7-10(13)6-9-4-3-5-12(17)15(9)18;1-13-7-4-8(14-2)6(10)3-5(7)9(11)12/h5-7,9,11H,4,8,10H2,1-3H3;3-7,9-11H,8H2,1-2H3;3-7,15,19H,1-2H3,(H,20,21);3-5,7-8H,6H2,1-2H3,(H,19,20);3-4H,1-2H3,(H,11,12). The first-order valence-corrected chi connectivity index (χ1v) is 35.0. The average Bonchev–Trinajstić information content (AvgIpc) is 1.04. The molecular weight excluding hydrogens is 1620 g/mol. The van der Waals surface area contributed by atoms with Gasteiger partial charge in [0.1, 0.15) is 116 Å². The van der Waals surface area contributed by atoms with Crippen molar-refractivity contribution in [2.75, 3.05) is 77.7 Å². The first-order chi connectivity index (χ1) is 53.4. The van der Waals surface area contributed by atoms with E-state index in [1.165, 1.54) is 167 Å². The summed E-state index contributed by atoms with van der Waals surface area (Å²) in [6, 6.07) is 33.1. The highest BCUT2D eigenvalue weighted by molar-refractivity contribution is 9.10. The molecule has 4 N–H and O–H groups in total. The number of aliphatic hydroxyl groups excluding tert-OH is 1. The highest BCUT2D eigenvalue weighted by Gasteiger charge is 2.27. The van der Waals surface area contributed by atoms with Crippen molar-refractivity contribution in [3.63, 3.8) is 0 Å². The molecule has 1 aromatic heterocycles. The quantitative estimate of drug-likeness (QED) is 0.0169. The number of ether oxygens (including phenoxy) is 11. The Bertz CT molecular complexity index is 5040. The molecule has 112 heavy (non-hydrogen) atoms. The highest BCUT2D eigenvalue weighted by atomic mass is 79.9. The Hall–Kier alpha value is -11.3. The van der Waals surface area contributed by atoms with Gasteiger partial charge in [-0.1, -0.05) is 94.9 Å². The van der Waals surface area contributed by atoms with E-state index in [1.54, 1.807) is 67.7 Å². The van der Waals surface area contributed by atoms with Crippen LogP contribution in [0.15, 0.2) is 157 Å². The van der Waals surface area contributed by atoms with Gasteiger partial charge < -0.3 is 72.5 Å². The van der Waals surface area contributed by atoms with Crippen LogP contribution in [-0.2, 0) is 28.8 Å². The van der Waals surface area contributed by atoms with Crippen LogP contribution in [0, 0.1) is 23.3 Å². The van der Waals surface area contributed by atoms with Gasteiger partial charge in [0.25, 0.3) is 5.91 Å². The summed E-state index contributed by atoms with van der Waals surface area (Å²) >= 11 is 26.4. The van der Waals surface area contributed by atoms with Gasteiger partial charge in [0.05, 0.1) is 113 Å². The van der Waals surface area contributed by atoms with Crippen molar-refractivity contribution in [2.45, 2.75) is 38.7 Å². The third-order valence-electron chi connectivity index (χ3n) is 16.2. The molecule has 0 spiro atoms. The number of hydrogen-bond acceptors (Lipinski definition) is 19. The monoisotopic (exact) mass is 1690 g/mol. The van der Waals surface area contributed by atoms with Crippen molar-refractivity contribution in [3.8, 4) is 57.5 Å². The number of hydrogen-bond donors (Lipinski definition) is 4. The molecule has 0 fully saturated rings. The summed E-state index contributed by atoms with van der Waals surface area (Å²) in [4.78, 5) is 74.2.